The molecule has 1 amide bonds. The molecule has 4 nitrogen and oxygen atoms in total. The van der Waals surface area contributed by atoms with Gasteiger partial charge in [0.2, 0.25) is 0 Å². The van der Waals surface area contributed by atoms with Gasteiger partial charge in [-0.25, -0.2) is 0 Å². The van der Waals surface area contributed by atoms with E-state index in [1.54, 1.807) is 7.11 Å². The molecule has 3 atom stereocenters. The Bertz CT molecular complexity index is 642. The third-order valence-electron chi connectivity index (χ3n) is 6.00. The van der Waals surface area contributed by atoms with Crippen molar-refractivity contribution < 1.29 is 14.3 Å². The molecule has 4 rings (SSSR count). The standard InChI is InChI=1S/C20H27NO3/c1-13-9-16-10-17(11-18(23-2)19(16)24-13)20(22)21-8-7-14-5-3-4-6-15(14)12-21/h10-11,13-15H,3-9,12H2,1-2H3/t13-,14+,15+/m1/s1. The van der Waals surface area contributed by atoms with Crippen LogP contribution in [0.1, 0.15) is 54.9 Å². The van der Waals surface area contributed by atoms with Gasteiger partial charge in [0.1, 0.15) is 6.10 Å². The summed E-state index contributed by atoms with van der Waals surface area (Å²) in [5, 5.41) is 0. The summed E-state index contributed by atoms with van der Waals surface area (Å²) in [7, 11) is 1.64. The van der Waals surface area contributed by atoms with Gasteiger partial charge in [-0.1, -0.05) is 19.3 Å². The van der Waals surface area contributed by atoms with Crippen molar-refractivity contribution in [2.75, 3.05) is 20.2 Å². The molecular formula is C20H27NO3. The quantitative estimate of drug-likeness (QED) is 0.831. The van der Waals surface area contributed by atoms with E-state index in [9.17, 15) is 4.79 Å². The molecule has 2 fully saturated rings. The maximum absolute atomic E-state index is 13.1. The van der Waals surface area contributed by atoms with Crippen molar-refractivity contribution in [3.63, 3.8) is 0 Å². The number of methoxy groups -OCH3 is 1. The average molecular weight is 329 g/mol. The Labute approximate surface area is 144 Å². The highest BCUT2D eigenvalue weighted by Crippen LogP contribution is 2.40. The third-order valence-corrected chi connectivity index (χ3v) is 6.00. The van der Waals surface area contributed by atoms with Gasteiger partial charge in [-0.15, -0.1) is 0 Å². The van der Waals surface area contributed by atoms with E-state index in [2.05, 4.69) is 11.8 Å². The summed E-state index contributed by atoms with van der Waals surface area (Å²) in [5.41, 5.74) is 1.84. The number of ether oxygens (including phenoxy) is 2. The largest absolute Gasteiger partial charge is 0.493 e. The fourth-order valence-electron chi connectivity index (χ4n) is 4.74. The van der Waals surface area contributed by atoms with E-state index >= 15 is 0 Å². The van der Waals surface area contributed by atoms with Crippen molar-refractivity contribution in [3.8, 4) is 11.5 Å². The molecule has 0 bridgehead atoms. The van der Waals surface area contributed by atoms with Crippen LogP contribution in [0.2, 0.25) is 0 Å². The molecule has 1 aromatic carbocycles. The van der Waals surface area contributed by atoms with Crippen molar-refractivity contribution in [1.29, 1.82) is 0 Å². The molecule has 24 heavy (non-hydrogen) atoms. The lowest BCUT2D eigenvalue weighted by Gasteiger charge is -2.41. The summed E-state index contributed by atoms with van der Waals surface area (Å²) in [6.45, 7) is 3.87. The molecular weight excluding hydrogens is 302 g/mol. The number of fused-ring (bicyclic) bond motifs is 2. The first-order valence-electron chi connectivity index (χ1n) is 9.32. The summed E-state index contributed by atoms with van der Waals surface area (Å²) in [6, 6.07) is 3.86. The van der Waals surface area contributed by atoms with E-state index in [4.69, 9.17) is 9.47 Å². The summed E-state index contributed by atoms with van der Waals surface area (Å²) in [6.07, 6.45) is 7.50. The van der Waals surface area contributed by atoms with Gasteiger partial charge >= 0.3 is 0 Å². The predicted octanol–water partition coefficient (Wildman–Crippen LogP) is 3.67. The van der Waals surface area contributed by atoms with Gasteiger partial charge in [-0.05, 0) is 43.7 Å². The average Bonchev–Trinajstić information content (AvgIpc) is 2.99. The fourth-order valence-corrected chi connectivity index (χ4v) is 4.74. The van der Waals surface area contributed by atoms with Gasteiger partial charge < -0.3 is 14.4 Å². The Balaban J connectivity index is 1.55. The Hall–Kier alpha value is -1.71. The van der Waals surface area contributed by atoms with Crippen LogP contribution >= 0.6 is 0 Å². The van der Waals surface area contributed by atoms with Crippen molar-refractivity contribution in [2.24, 2.45) is 11.8 Å². The van der Waals surface area contributed by atoms with E-state index in [0.29, 0.717) is 11.7 Å². The molecule has 2 heterocycles. The van der Waals surface area contributed by atoms with Crippen LogP contribution in [-0.4, -0.2) is 37.1 Å². The second-order valence-corrected chi connectivity index (χ2v) is 7.64. The highest BCUT2D eigenvalue weighted by atomic mass is 16.5. The molecule has 0 radical (unpaired) electrons. The molecule has 2 aliphatic heterocycles. The minimum atomic E-state index is 0.150. The van der Waals surface area contributed by atoms with Gasteiger partial charge in [0.15, 0.2) is 11.5 Å². The molecule has 0 spiro atoms. The van der Waals surface area contributed by atoms with Crippen LogP contribution in [0, 0.1) is 11.8 Å². The number of hydrogen-bond acceptors (Lipinski definition) is 3. The highest BCUT2D eigenvalue weighted by molar-refractivity contribution is 5.95. The van der Waals surface area contributed by atoms with Crippen LogP contribution in [-0.2, 0) is 6.42 Å². The van der Waals surface area contributed by atoms with Crippen molar-refractivity contribution in [2.45, 2.75) is 51.6 Å². The number of nitrogens with zero attached hydrogens (tertiary/aromatic N) is 1. The lowest BCUT2D eigenvalue weighted by atomic mass is 9.75. The Morgan fingerprint density at radius 1 is 1.21 bits per heavy atom. The van der Waals surface area contributed by atoms with Gasteiger partial charge in [0.25, 0.3) is 5.91 Å². The number of amides is 1. The van der Waals surface area contributed by atoms with Crippen LogP contribution in [0.25, 0.3) is 0 Å². The molecule has 0 N–H and O–H groups in total. The van der Waals surface area contributed by atoms with Gasteiger partial charge in [0.05, 0.1) is 7.11 Å². The zero-order chi connectivity index (χ0) is 16.7. The zero-order valence-electron chi connectivity index (χ0n) is 14.7. The van der Waals surface area contributed by atoms with Crippen LogP contribution in [0.15, 0.2) is 12.1 Å². The smallest absolute Gasteiger partial charge is 0.254 e. The molecule has 1 aromatic rings. The maximum atomic E-state index is 13.1. The van der Waals surface area contributed by atoms with E-state index in [-0.39, 0.29) is 12.0 Å². The lowest BCUT2D eigenvalue weighted by Crippen LogP contribution is -2.44. The molecule has 1 saturated heterocycles. The first-order chi connectivity index (χ1) is 11.7. The number of carbonyl (C=O) groups is 1. The minimum Gasteiger partial charge on any atom is -0.493 e. The number of hydrogen-bond donors (Lipinski definition) is 0. The maximum Gasteiger partial charge on any atom is 0.254 e. The Kier molecular flexibility index (Phi) is 4.15. The van der Waals surface area contributed by atoms with E-state index in [1.165, 1.54) is 32.1 Å². The van der Waals surface area contributed by atoms with E-state index < -0.39 is 0 Å². The number of likely N-dealkylation sites (tertiary alicyclic amines) is 1. The second kappa shape index (κ2) is 6.30. The second-order valence-electron chi connectivity index (χ2n) is 7.64. The summed E-state index contributed by atoms with van der Waals surface area (Å²) < 4.78 is 11.3. The number of carbonyl (C=O) groups excluding carboxylic acids is 1. The lowest BCUT2D eigenvalue weighted by molar-refractivity contribution is 0.0520. The molecule has 1 aliphatic carbocycles. The van der Waals surface area contributed by atoms with Gasteiger partial charge in [-0.3, -0.25) is 4.79 Å². The summed E-state index contributed by atoms with van der Waals surface area (Å²) in [4.78, 5) is 15.1. The molecule has 3 aliphatic rings. The summed E-state index contributed by atoms with van der Waals surface area (Å²) >= 11 is 0. The van der Waals surface area contributed by atoms with Gasteiger partial charge in [0, 0.05) is 30.6 Å². The van der Waals surface area contributed by atoms with E-state index in [1.807, 2.05) is 12.1 Å². The van der Waals surface area contributed by atoms with Crippen molar-refractivity contribution >= 4 is 5.91 Å². The van der Waals surface area contributed by atoms with Crippen molar-refractivity contribution in [3.05, 3.63) is 23.3 Å². The highest BCUT2D eigenvalue weighted by Gasteiger charge is 2.34. The first kappa shape index (κ1) is 15.8. The van der Waals surface area contributed by atoms with Crippen LogP contribution in [0.5, 0.6) is 11.5 Å². The molecule has 1 saturated carbocycles. The SMILES string of the molecule is COc1cc(C(=O)N2CC[C@@H]3CCCC[C@H]3C2)cc2c1O[C@H](C)C2. The Morgan fingerprint density at radius 3 is 2.79 bits per heavy atom. The topological polar surface area (TPSA) is 38.8 Å². The Morgan fingerprint density at radius 2 is 2.00 bits per heavy atom. The number of benzene rings is 1. The summed E-state index contributed by atoms with van der Waals surface area (Å²) in [5.74, 6) is 3.20. The number of piperidine rings is 1. The van der Waals surface area contributed by atoms with Gasteiger partial charge in [-0.2, -0.15) is 0 Å². The zero-order valence-corrected chi connectivity index (χ0v) is 14.7. The molecule has 0 aromatic heterocycles. The molecule has 4 heteroatoms. The number of rotatable bonds is 2. The fraction of sp³-hybridized carbons (Fsp3) is 0.650. The molecule has 0 unspecified atom stereocenters. The minimum absolute atomic E-state index is 0.150. The predicted molar refractivity (Wildman–Crippen MR) is 92.8 cm³/mol. The third kappa shape index (κ3) is 2.76. The van der Waals surface area contributed by atoms with E-state index in [0.717, 1.165) is 42.3 Å². The van der Waals surface area contributed by atoms with Crippen LogP contribution in [0.4, 0.5) is 0 Å². The normalized spacial score (nSPS) is 28.8. The first-order valence-corrected chi connectivity index (χ1v) is 9.32. The monoisotopic (exact) mass is 329 g/mol. The van der Waals surface area contributed by atoms with Crippen molar-refractivity contribution in [1.82, 2.24) is 4.90 Å². The molecule has 130 valence electrons. The van der Waals surface area contributed by atoms with Crippen LogP contribution in [0.3, 0.4) is 0 Å². The van der Waals surface area contributed by atoms with Crippen LogP contribution < -0.4 is 9.47 Å².